The van der Waals surface area contributed by atoms with Crippen molar-refractivity contribution in [2.75, 3.05) is 0 Å². The van der Waals surface area contributed by atoms with Gasteiger partial charge in [0.15, 0.2) is 5.82 Å². The molecule has 1 aliphatic rings. The van der Waals surface area contributed by atoms with Crippen LogP contribution in [0.25, 0.3) is 11.5 Å². The molecule has 0 bridgehead atoms. The highest BCUT2D eigenvalue weighted by Gasteiger charge is 2.36. The molecule has 1 aliphatic carbocycles. The zero-order valence-electron chi connectivity index (χ0n) is 10.5. The fraction of sp³-hybridized carbons (Fsp3) is 0.583. The third-order valence-electron chi connectivity index (χ3n) is 3.57. The van der Waals surface area contributed by atoms with Gasteiger partial charge in [-0.2, -0.15) is 10.1 Å². The second-order valence-corrected chi connectivity index (χ2v) is 4.87. The minimum atomic E-state index is -0.400. The van der Waals surface area contributed by atoms with E-state index >= 15 is 0 Å². The third kappa shape index (κ3) is 1.82. The van der Waals surface area contributed by atoms with Crippen molar-refractivity contribution in [1.29, 1.82) is 0 Å². The van der Waals surface area contributed by atoms with Gasteiger partial charge >= 0.3 is 0 Å². The topological polar surface area (TPSA) is 82.8 Å². The van der Waals surface area contributed by atoms with Crippen LogP contribution in [0.2, 0.25) is 0 Å². The Labute approximate surface area is 105 Å². The van der Waals surface area contributed by atoms with Crippen molar-refractivity contribution in [3.8, 4) is 11.5 Å². The number of nitrogens with two attached hydrogens (primary N) is 1. The van der Waals surface area contributed by atoms with Crippen LogP contribution < -0.4 is 5.73 Å². The number of hydrogen-bond donors (Lipinski definition) is 1. The zero-order valence-corrected chi connectivity index (χ0v) is 10.5. The summed E-state index contributed by atoms with van der Waals surface area (Å²) < 4.78 is 7.12. The number of aromatic nitrogens is 4. The van der Waals surface area contributed by atoms with Crippen molar-refractivity contribution >= 4 is 0 Å². The molecular formula is C12H17N5O. The Bertz CT molecular complexity index is 538. The first-order valence-corrected chi connectivity index (χ1v) is 6.37. The van der Waals surface area contributed by atoms with E-state index < -0.39 is 5.54 Å². The average Bonchev–Trinajstić information content (AvgIpc) is 3.08. The summed E-state index contributed by atoms with van der Waals surface area (Å²) in [6.07, 6.45) is 7.76. The summed E-state index contributed by atoms with van der Waals surface area (Å²) in [6.45, 7) is 2.85. The van der Waals surface area contributed by atoms with Crippen LogP contribution in [0.15, 0.2) is 16.9 Å². The Morgan fingerprint density at radius 2 is 2.22 bits per heavy atom. The molecule has 0 aromatic carbocycles. The molecule has 2 N–H and O–H groups in total. The van der Waals surface area contributed by atoms with Crippen molar-refractivity contribution in [3.05, 3.63) is 18.2 Å². The smallest absolute Gasteiger partial charge is 0.261 e. The fourth-order valence-electron chi connectivity index (χ4n) is 2.42. The quantitative estimate of drug-likeness (QED) is 0.892. The monoisotopic (exact) mass is 247 g/mol. The number of hydrogen-bond acceptors (Lipinski definition) is 5. The van der Waals surface area contributed by atoms with Crippen molar-refractivity contribution < 1.29 is 4.52 Å². The van der Waals surface area contributed by atoms with Crippen LogP contribution in [0.1, 0.15) is 38.4 Å². The van der Waals surface area contributed by atoms with Gasteiger partial charge in [0.1, 0.15) is 0 Å². The van der Waals surface area contributed by atoms with Crippen molar-refractivity contribution in [1.82, 2.24) is 19.9 Å². The molecular weight excluding hydrogens is 230 g/mol. The summed E-state index contributed by atoms with van der Waals surface area (Å²) >= 11 is 0. The molecule has 0 saturated heterocycles. The molecule has 0 spiro atoms. The first-order chi connectivity index (χ1) is 8.71. The van der Waals surface area contributed by atoms with Gasteiger partial charge in [-0.15, -0.1) is 0 Å². The summed E-state index contributed by atoms with van der Waals surface area (Å²) in [5.41, 5.74) is 6.74. The van der Waals surface area contributed by atoms with Crippen molar-refractivity contribution in [2.45, 2.75) is 44.7 Å². The van der Waals surface area contributed by atoms with Gasteiger partial charge in [0.2, 0.25) is 0 Å². The lowest BCUT2D eigenvalue weighted by Crippen LogP contribution is -2.34. The highest BCUT2D eigenvalue weighted by Crippen LogP contribution is 2.35. The number of nitrogens with zero attached hydrogens (tertiary/aromatic N) is 4. The molecule has 2 aromatic rings. The lowest BCUT2D eigenvalue weighted by molar-refractivity contribution is 0.372. The molecule has 0 amide bonds. The predicted octanol–water partition coefficient (Wildman–Crippen LogP) is 1.68. The van der Waals surface area contributed by atoms with E-state index in [1.54, 1.807) is 6.20 Å². The molecule has 1 saturated carbocycles. The first kappa shape index (κ1) is 11.4. The van der Waals surface area contributed by atoms with Gasteiger partial charge in [0, 0.05) is 12.7 Å². The second kappa shape index (κ2) is 4.20. The summed E-state index contributed by atoms with van der Waals surface area (Å²) in [5.74, 6) is 1.13. The van der Waals surface area contributed by atoms with Gasteiger partial charge in [-0.25, -0.2) is 0 Å². The Morgan fingerprint density at radius 1 is 1.44 bits per heavy atom. The van der Waals surface area contributed by atoms with Crippen LogP contribution in [0.5, 0.6) is 0 Å². The number of rotatable bonds is 3. The SMILES string of the molecule is CCn1cc(-c2nc(C3(N)CCCC3)no2)cn1. The standard InChI is InChI=1S/C12H17N5O/c1-2-17-8-9(7-14-17)10-15-11(16-18-10)12(13)5-3-4-6-12/h7-8H,2-6,13H2,1H3. The van der Waals surface area contributed by atoms with E-state index in [0.717, 1.165) is 37.8 Å². The van der Waals surface area contributed by atoms with Crippen LogP contribution in [-0.2, 0) is 12.1 Å². The molecule has 3 rings (SSSR count). The Hall–Kier alpha value is -1.69. The van der Waals surface area contributed by atoms with E-state index in [4.69, 9.17) is 10.3 Å². The molecule has 18 heavy (non-hydrogen) atoms. The fourth-order valence-corrected chi connectivity index (χ4v) is 2.42. The van der Waals surface area contributed by atoms with E-state index in [-0.39, 0.29) is 0 Å². The maximum absolute atomic E-state index is 6.30. The molecule has 0 unspecified atom stereocenters. The zero-order chi connectivity index (χ0) is 12.6. The Balaban J connectivity index is 1.89. The van der Waals surface area contributed by atoms with Crippen LogP contribution in [0, 0.1) is 0 Å². The lowest BCUT2D eigenvalue weighted by Gasteiger charge is -2.17. The normalized spacial score (nSPS) is 18.3. The van der Waals surface area contributed by atoms with Gasteiger partial charge in [0.05, 0.1) is 17.3 Å². The molecule has 6 heteroatoms. The molecule has 0 aliphatic heterocycles. The molecule has 0 radical (unpaired) electrons. The van der Waals surface area contributed by atoms with Gasteiger partial charge in [0.25, 0.3) is 5.89 Å². The largest absolute Gasteiger partial charge is 0.334 e. The molecule has 2 heterocycles. The summed E-state index contributed by atoms with van der Waals surface area (Å²) in [4.78, 5) is 4.43. The summed E-state index contributed by atoms with van der Waals surface area (Å²) in [6, 6.07) is 0. The molecule has 96 valence electrons. The molecule has 0 atom stereocenters. The third-order valence-corrected chi connectivity index (χ3v) is 3.57. The minimum absolute atomic E-state index is 0.400. The average molecular weight is 247 g/mol. The Morgan fingerprint density at radius 3 is 2.89 bits per heavy atom. The predicted molar refractivity (Wildman–Crippen MR) is 65.5 cm³/mol. The van der Waals surface area contributed by atoms with Crippen molar-refractivity contribution in [3.63, 3.8) is 0 Å². The van der Waals surface area contributed by atoms with Crippen LogP contribution >= 0.6 is 0 Å². The molecule has 2 aromatic heterocycles. The van der Waals surface area contributed by atoms with Gasteiger partial charge in [-0.3, -0.25) is 4.68 Å². The molecule has 6 nitrogen and oxygen atoms in total. The highest BCUT2D eigenvalue weighted by atomic mass is 16.5. The van der Waals surface area contributed by atoms with E-state index in [9.17, 15) is 0 Å². The molecule has 1 fully saturated rings. The van der Waals surface area contributed by atoms with Gasteiger partial charge < -0.3 is 10.3 Å². The van der Waals surface area contributed by atoms with E-state index in [2.05, 4.69) is 15.2 Å². The van der Waals surface area contributed by atoms with Crippen LogP contribution in [0.4, 0.5) is 0 Å². The van der Waals surface area contributed by atoms with E-state index in [1.807, 2.05) is 17.8 Å². The van der Waals surface area contributed by atoms with Crippen molar-refractivity contribution in [2.24, 2.45) is 5.73 Å². The number of aryl methyl sites for hydroxylation is 1. The minimum Gasteiger partial charge on any atom is -0.334 e. The maximum atomic E-state index is 6.30. The van der Waals surface area contributed by atoms with Crippen LogP contribution in [0.3, 0.4) is 0 Å². The van der Waals surface area contributed by atoms with Gasteiger partial charge in [-0.05, 0) is 19.8 Å². The first-order valence-electron chi connectivity index (χ1n) is 6.37. The van der Waals surface area contributed by atoms with E-state index in [1.165, 1.54) is 0 Å². The summed E-state index contributed by atoms with van der Waals surface area (Å²) in [7, 11) is 0. The van der Waals surface area contributed by atoms with Gasteiger partial charge in [-0.1, -0.05) is 18.0 Å². The highest BCUT2D eigenvalue weighted by molar-refractivity contribution is 5.49. The van der Waals surface area contributed by atoms with Crippen LogP contribution in [-0.4, -0.2) is 19.9 Å². The summed E-state index contributed by atoms with van der Waals surface area (Å²) in [5, 5.41) is 8.23. The van der Waals surface area contributed by atoms with E-state index in [0.29, 0.717) is 11.7 Å². The maximum Gasteiger partial charge on any atom is 0.261 e. The Kier molecular flexibility index (Phi) is 2.66. The second-order valence-electron chi connectivity index (χ2n) is 4.87. The lowest BCUT2D eigenvalue weighted by atomic mass is 9.99.